The van der Waals surface area contributed by atoms with Crippen LogP contribution in [0.3, 0.4) is 0 Å². The number of rotatable bonds is 3. The summed E-state index contributed by atoms with van der Waals surface area (Å²) in [5.41, 5.74) is 12.6. The van der Waals surface area contributed by atoms with E-state index in [1.54, 1.807) is 6.20 Å². The minimum Gasteiger partial charge on any atom is -0.439 e. The maximum absolute atomic E-state index is 6.27. The van der Waals surface area contributed by atoms with Crippen LogP contribution in [0.5, 0.6) is 11.6 Å². The van der Waals surface area contributed by atoms with E-state index in [1.165, 1.54) is 6.42 Å². The second-order valence-electron chi connectivity index (χ2n) is 6.59. The van der Waals surface area contributed by atoms with Gasteiger partial charge in [0.2, 0.25) is 17.8 Å². The summed E-state index contributed by atoms with van der Waals surface area (Å²) in [6.07, 6.45) is 6.87. The van der Waals surface area contributed by atoms with E-state index >= 15 is 0 Å². The van der Waals surface area contributed by atoms with Crippen LogP contribution in [0, 0.1) is 0 Å². The van der Waals surface area contributed by atoms with Gasteiger partial charge in [0.05, 0.1) is 0 Å². The first-order chi connectivity index (χ1) is 12.7. The number of aliphatic imine (C=N–C) groups is 2. The number of hydrogen-bond donors (Lipinski definition) is 2. The largest absolute Gasteiger partial charge is 0.439 e. The number of ether oxygens (including phenoxy) is 1. The first-order valence-electron chi connectivity index (χ1n) is 8.85. The summed E-state index contributed by atoms with van der Waals surface area (Å²) in [5.74, 6) is 1.85. The molecule has 2 aromatic rings. The Bertz CT molecular complexity index is 842. The molecule has 26 heavy (non-hydrogen) atoms. The predicted molar refractivity (Wildman–Crippen MR) is 102 cm³/mol. The number of anilines is 1. The Balaban J connectivity index is 1.69. The van der Waals surface area contributed by atoms with Gasteiger partial charge in [-0.25, -0.2) is 9.98 Å². The van der Waals surface area contributed by atoms with Gasteiger partial charge in [0.1, 0.15) is 11.4 Å². The fraction of sp³-hybridized carbons (Fsp3) is 0.316. The van der Waals surface area contributed by atoms with Crippen LogP contribution in [0.15, 0.2) is 58.6 Å². The average Bonchev–Trinajstić information content (AvgIpc) is 2.63. The molecule has 0 saturated heterocycles. The number of aromatic nitrogens is 1. The molecule has 1 fully saturated rings. The van der Waals surface area contributed by atoms with Crippen LogP contribution < -0.4 is 21.1 Å². The van der Waals surface area contributed by atoms with E-state index in [0.29, 0.717) is 17.6 Å². The number of pyridine rings is 1. The maximum Gasteiger partial charge on any atom is 0.220 e. The summed E-state index contributed by atoms with van der Waals surface area (Å²) in [6, 6.07) is 13.3. The highest BCUT2D eigenvalue weighted by atomic mass is 16.5. The SMILES string of the molecule is NC1=NC2(CCCCC2)N(c2cccc(Oc3ccccn3)c2)C(N)=N1. The molecule has 1 aliphatic heterocycles. The summed E-state index contributed by atoms with van der Waals surface area (Å²) in [7, 11) is 0. The van der Waals surface area contributed by atoms with E-state index in [1.807, 2.05) is 47.4 Å². The smallest absolute Gasteiger partial charge is 0.220 e. The molecular weight excluding hydrogens is 328 g/mol. The van der Waals surface area contributed by atoms with Crippen molar-refractivity contribution in [1.29, 1.82) is 0 Å². The zero-order chi connectivity index (χ0) is 18.0. The molecule has 1 spiro atoms. The highest BCUT2D eigenvalue weighted by molar-refractivity contribution is 6.05. The third-order valence-corrected chi connectivity index (χ3v) is 4.79. The van der Waals surface area contributed by atoms with E-state index in [0.717, 1.165) is 31.4 Å². The zero-order valence-corrected chi connectivity index (χ0v) is 14.5. The highest BCUT2D eigenvalue weighted by Gasteiger charge is 2.42. The standard InChI is InChI=1S/C19H22N6O/c20-17-23-18(21)25(19(24-17)10-3-1-4-11-19)14-7-6-8-15(13-14)26-16-9-2-5-12-22-16/h2,5-9,12-13H,1,3-4,10-11H2,(H4,20,21,23,24). The molecule has 4 N–H and O–H groups in total. The Morgan fingerprint density at radius 3 is 2.62 bits per heavy atom. The molecule has 1 aromatic heterocycles. The van der Waals surface area contributed by atoms with Crippen LogP contribution in [-0.4, -0.2) is 22.6 Å². The predicted octanol–water partition coefficient (Wildman–Crippen LogP) is 2.98. The van der Waals surface area contributed by atoms with Gasteiger partial charge in [-0.15, -0.1) is 0 Å². The van der Waals surface area contributed by atoms with Crippen LogP contribution >= 0.6 is 0 Å². The van der Waals surface area contributed by atoms with Crippen LogP contribution in [0.25, 0.3) is 0 Å². The summed E-state index contributed by atoms with van der Waals surface area (Å²) in [5, 5.41) is 0. The lowest BCUT2D eigenvalue weighted by atomic mass is 9.87. The Morgan fingerprint density at radius 1 is 1.00 bits per heavy atom. The van der Waals surface area contributed by atoms with E-state index in [4.69, 9.17) is 21.2 Å². The maximum atomic E-state index is 6.27. The van der Waals surface area contributed by atoms with Gasteiger partial charge >= 0.3 is 0 Å². The third kappa shape index (κ3) is 3.08. The van der Waals surface area contributed by atoms with E-state index in [-0.39, 0.29) is 5.96 Å². The molecule has 1 aromatic carbocycles. The molecule has 7 nitrogen and oxygen atoms in total. The van der Waals surface area contributed by atoms with Crippen molar-refractivity contribution in [3.63, 3.8) is 0 Å². The summed E-state index contributed by atoms with van der Waals surface area (Å²) in [4.78, 5) is 15.1. The first-order valence-corrected chi connectivity index (χ1v) is 8.85. The van der Waals surface area contributed by atoms with Gasteiger partial charge in [0, 0.05) is 24.0 Å². The number of hydrogen-bond acceptors (Lipinski definition) is 7. The Labute approximate surface area is 152 Å². The van der Waals surface area contributed by atoms with Crippen LogP contribution in [-0.2, 0) is 0 Å². The lowest BCUT2D eigenvalue weighted by Crippen LogP contribution is -2.58. The number of benzene rings is 1. The van der Waals surface area contributed by atoms with Gasteiger partial charge in [-0.1, -0.05) is 18.6 Å². The topological polar surface area (TPSA) is 102 Å². The van der Waals surface area contributed by atoms with Gasteiger partial charge < -0.3 is 16.2 Å². The van der Waals surface area contributed by atoms with Crippen molar-refractivity contribution in [2.45, 2.75) is 37.8 Å². The minimum atomic E-state index is -0.461. The average molecular weight is 350 g/mol. The quantitative estimate of drug-likeness (QED) is 0.886. The van der Waals surface area contributed by atoms with Crippen LogP contribution in [0.2, 0.25) is 0 Å². The summed E-state index contributed by atoms with van der Waals surface area (Å²) < 4.78 is 5.86. The molecule has 2 heterocycles. The molecule has 4 rings (SSSR count). The fourth-order valence-corrected chi connectivity index (χ4v) is 3.71. The molecule has 134 valence electrons. The summed E-state index contributed by atoms with van der Waals surface area (Å²) in [6.45, 7) is 0. The molecule has 0 bridgehead atoms. The van der Waals surface area contributed by atoms with Gasteiger partial charge in [-0.2, -0.15) is 4.99 Å². The van der Waals surface area contributed by atoms with Crippen molar-refractivity contribution < 1.29 is 4.74 Å². The van der Waals surface area contributed by atoms with Crippen molar-refractivity contribution >= 4 is 17.6 Å². The minimum absolute atomic E-state index is 0.251. The molecule has 0 unspecified atom stereocenters. The lowest BCUT2D eigenvalue weighted by Gasteiger charge is -2.45. The number of nitrogens with two attached hydrogens (primary N) is 2. The van der Waals surface area contributed by atoms with Crippen molar-refractivity contribution in [3.8, 4) is 11.6 Å². The number of guanidine groups is 2. The Morgan fingerprint density at radius 2 is 1.85 bits per heavy atom. The second kappa shape index (κ2) is 6.67. The molecule has 1 saturated carbocycles. The van der Waals surface area contributed by atoms with E-state index < -0.39 is 5.66 Å². The molecule has 0 atom stereocenters. The van der Waals surface area contributed by atoms with Crippen LogP contribution in [0.1, 0.15) is 32.1 Å². The van der Waals surface area contributed by atoms with Gasteiger partial charge in [-0.3, -0.25) is 4.90 Å². The van der Waals surface area contributed by atoms with Crippen molar-refractivity contribution in [1.82, 2.24) is 4.98 Å². The first kappa shape index (κ1) is 16.4. The summed E-state index contributed by atoms with van der Waals surface area (Å²) >= 11 is 0. The third-order valence-electron chi connectivity index (χ3n) is 4.79. The monoisotopic (exact) mass is 350 g/mol. The number of nitrogens with zero attached hydrogens (tertiary/aromatic N) is 4. The highest BCUT2D eigenvalue weighted by Crippen LogP contribution is 2.40. The molecule has 1 aliphatic carbocycles. The normalized spacial score (nSPS) is 19.0. The molecule has 0 radical (unpaired) electrons. The molecule has 0 amide bonds. The molecule has 2 aliphatic rings. The van der Waals surface area contributed by atoms with Crippen molar-refractivity contribution in [2.75, 3.05) is 4.90 Å². The second-order valence-corrected chi connectivity index (χ2v) is 6.59. The molecular formula is C19H22N6O. The van der Waals surface area contributed by atoms with Crippen LogP contribution in [0.4, 0.5) is 5.69 Å². The fourth-order valence-electron chi connectivity index (χ4n) is 3.71. The van der Waals surface area contributed by atoms with Crippen molar-refractivity contribution in [3.05, 3.63) is 48.7 Å². The molecule has 7 heteroatoms. The zero-order valence-electron chi connectivity index (χ0n) is 14.5. The van der Waals surface area contributed by atoms with Gasteiger partial charge in [0.25, 0.3) is 0 Å². The van der Waals surface area contributed by atoms with Gasteiger partial charge in [-0.05, 0) is 43.9 Å². The Hall–Kier alpha value is -3.09. The van der Waals surface area contributed by atoms with E-state index in [2.05, 4.69) is 9.98 Å². The van der Waals surface area contributed by atoms with Gasteiger partial charge in [0.15, 0.2) is 0 Å². The lowest BCUT2D eigenvalue weighted by molar-refractivity contribution is 0.305. The van der Waals surface area contributed by atoms with E-state index in [9.17, 15) is 0 Å². The Kier molecular flexibility index (Phi) is 4.20. The van der Waals surface area contributed by atoms with Crippen molar-refractivity contribution in [2.24, 2.45) is 21.5 Å².